The average Bonchev–Trinajstić information content (AvgIpc) is 2.57. The molecule has 0 aliphatic carbocycles. The number of cyclic esters (lactones) is 1. The lowest BCUT2D eigenvalue weighted by atomic mass is 9.93. The number of alkyl halides is 3. The Labute approximate surface area is 149 Å². The SMILES string of the molecule is CCOC(=O)Nc1ccccc1CN1CCC(CC)(C(F)(F)F)OC1=O. The number of para-hydroxylation sites is 1. The number of hydrogen-bond donors (Lipinski definition) is 1. The quantitative estimate of drug-likeness (QED) is 0.834. The third-order valence-corrected chi connectivity index (χ3v) is 4.30. The van der Waals surface area contributed by atoms with Gasteiger partial charge in [-0.2, -0.15) is 13.2 Å². The monoisotopic (exact) mass is 374 g/mol. The predicted octanol–water partition coefficient (Wildman–Crippen LogP) is 4.31. The number of amides is 2. The van der Waals surface area contributed by atoms with Gasteiger partial charge in [0, 0.05) is 18.7 Å². The van der Waals surface area contributed by atoms with Gasteiger partial charge < -0.3 is 14.4 Å². The minimum absolute atomic E-state index is 0.0130. The first-order chi connectivity index (χ1) is 12.2. The van der Waals surface area contributed by atoms with Crippen LogP contribution in [0.4, 0.5) is 28.4 Å². The van der Waals surface area contributed by atoms with Gasteiger partial charge in [0.2, 0.25) is 5.60 Å². The lowest BCUT2D eigenvalue weighted by molar-refractivity contribution is -0.272. The molecule has 9 heteroatoms. The predicted molar refractivity (Wildman–Crippen MR) is 87.7 cm³/mol. The Balaban J connectivity index is 2.11. The van der Waals surface area contributed by atoms with E-state index in [0.29, 0.717) is 11.3 Å². The highest BCUT2D eigenvalue weighted by Gasteiger charge is 2.59. The lowest BCUT2D eigenvalue weighted by Crippen LogP contribution is -2.56. The van der Waals surface area contributed by atoms with Gasteiger partial charge in [-0.1, -0.05) is 25.1 Å². The summed E-state index contributed by atoms with van der Waals surface area (Å²) in [5.41, 5.74) is -1.46. The fraction of sp³-hybridized carbons (Fsp3) is 0.529. The number of nitrogens with zero attached hydrogens (tertiary/aromatic N) is 1. The number of carbonyl (C=O) groups excluding carboxylic acids is 2. The van der Waals surface area contributed by atoms with Crippen LogP contribution in [0.15, 0.2) is 24.3 Å². The molecule has 2 rings (SSSR count). The van der Waals surface area contributed by atoms with Gasteiger partial charge in [-0.05, 0) is 25.0 Å². The summed E-state index contributed by atoms with van der Waals surface area (Å²) in [4.78, 5) is 24.9. The second kappa shape index (κ2) is 7.84. The Morgan fingerprint density at radius 2 is 2.04 bits per heavy atom. The molecule has 2 amide bonds. The van der Waals surface area contributed by atoms with Gasteiger partial charge >= 0.3 is 18.4 Å². The van der Waals surface area contributed by atoms with Crippen LogP contribution < -0.4 is 5.32 Å². The molecule has 1 unspecified atom stereocenters. The molecule has 0 saturated carbocycles. The number of ether oxygens (including phenoxy) is 2. The average molecular weight is 374 g/mol. The molecule has 1 N–H and O–H groups in total. The van der Waals surface area contributed by atoms with Crippen LogP contribution in [-0.2, 0) is 16.0 Å². The molecule has 1 saturated heterocycles. The van der Waals surface area contributed by atoms with Gasteiger partial charge in [0.15, 0.2) is 0 Å². The van der Waals surface area contributed by atoms with Gasteiger partial charge in [0.25, 0.3) is 0 Å². The van der Waals surface area contributed by atoms with Crippen LogP contribution in [0, 0.1) is 0 Å². The van der Waals surface area contributed by atoms with Crippen LogP contribution in [0.25, 0.3) is 0 Å². The first-order valence-corrected chi connectivity index (χ1v) is 8.28. The third kappa shape index (κ3) is 4.20. The molecule has 1 aliphatic rings. The summed E-state index contributed by atoms with van der Waals surface area (Å²) >= 11 is 0. The van der Waals surface area contributed by atoms with Crippen molar-refractivity contribution in [1.29, 1.82) is 0 Å². The summed E-state index contributed by atoms with van der Waals surface area (Å²) < 4.78 is 49.3. The minimum Gasteiger partial charge on any atom is -0.450 e. The van der Waals surface area contributed by atoms with Crippen molar-refractivity contribution in [2.75, 3.05) is 18.5 Å². The van der Waals surface area contributed by atoms with Crippen LogP contribution in [0.2, 0.25) is 0 Å². The van der Waals surface area contributed by atoms with Gasteiger partial charge in [-0.3, -0.25) is 5.32 Å². The van der Waals surface area contributed by atoms with E-state index in [1.165, 1.54) is 11.8 Å². The van der Waals surface area contributed by atoms with Gasteiger partial charge in [-0.15, -0.1) is 0 Å². The first-order valence-electron chi connectivity index (χ1n) is 8.28. The van der Waals surface area contributed by atoms with Crippen LogP contribution in [0.5, 0.6) is 0 Å². The van der Waals surface area contributed by atoms with Crippen LogP contribution in [0.3, 0.4) is 0 Å². The molecule has 1 aliphatic heterocycles. The van der Waals surface area contributed by atoms with Crippen molar-refractivity contribution in [1.82, 2.24) is 4.90 Å². The van der Waals surface area contributed by atoms with E-state index in [0.717, 1.165) is 0 Å². The van der Waals surface area contributed by atoms with E-state index in [1.54, 1.807) is 31.2 Å². The first kappa shape index (κ1) is 19.9. The molecule has 0 radical (unpaired) electrons. The molecule has 26 heavy (non-hydrogen) atoms. The Kier molecular flexibility index (Phi) is 5.99. The van der Waals surface area contributed by atoms with Gasteiger partial charge in [0.05, 0.1) is 13.2 Å². The smallest absolute Gasteiger partial charge is 0.428 e. The van der Waals surface area contributed by atoms with Crippen molar-refractivity contribution in [3.63, 3.8) is 0 Å². The molecule has 1 atom stereocenters. The second-order valence-electron chi connectivity index (χ2n) is 5.89. The molecule has 1 aromatic carbocycles. The number of anilines is 1. The summed E-state index contributed by atoms with van der Waals surface area (Å²) in [6.45, 7) is 3.12. The number of rotatable bonds is 5. The van der Waals surface area contributed by atoms with Crippen LogP contribution in [0.1, 0.15) is 32.3 Å². The highest BCUT2D eigenvalue weighted by molar-refractivity contribution is 5.85. The van der Waals surface area contributed by atoms with E-state index >= 15 is 0 Å². The molecule has 144 valence electrons. The van der Waals surface area contributed by atoms with Crippen LogP contribution in [-0.4, -0.2) is 42.0 Å². The Morgan fingerprint density at radius 3 is 2.62 bits per heavy atom. The molecular formula is C17H21F3N2O4. The molecule has 1 heterocycles. The highest BCUT2D eigenvalue weighted by Crippen LogP contribution is 2.42. The van der Waals surface area contributed by atoms with E-state index in [2.05, 4.69) is 5.32 Å². The maximum Gasteiger partial charge on any atom is 0.428 e. The van der Waals surface area contributed by atoms with Crippen molar-refractivity contribution in [3.05, 3.63) is 29.8 Å². The number of nitrogens with one attached hydrogen (secondary N) is 1. The van der Waals surface area contributed by atoms with E-state index in [4.69, 9.17) is 9.47 Å². The van der Waals surface area contributed by atoms with Crippen LogP contribution >= 0.6 is 0 Å². The fourth-order valence-corrected chi connectivity index (χ4v) is 2.75. The van der Waals surface area contributed by atoms with Crippen molar-refractivity contribution < 1.29 is 32.2 Å². The van der Waals surface area contributed by atoms with E-state index in [-0.39, 0.29) is 32.5 Å². The topological polar surface area (TPSA) is 67.9 Å². The Hall–Kier alpha value is -2.45. The second-order valence-corrected chi connectivity index (χ2v) is 5.89. The minimum atomic E-state index is -4.62. The van der Waals surface area contributed by atoms with E-state index in [9.17, 15) is 22.8 Å². The summed E-state index contributed by atoms with van der Waals surface area (Å²) in [5.74, 6) is 0. The van der Waals surface area contributed by atoms with Gasteiger partial charge in [-0.25, -0.2) is 9.59 Å². The zero-order valence-corrected chi connectivity index (χ0v) is 14.6. The zero-order valence-electron chi connectivity index (χ0n) is 14.6. The molecule has 0 aromatic heterocycles. The third-order valence-electron chi connectivity index (χ3n) is 4.30. The maximum absolute atomic E-state index is 13.2. The molecule has 0 bridgehead atoms. The largest absolute Gasteiger partial charge is 0.450 e. The Bertz CT molecular complexity index is 666. The maximum atomic E-state index is 13.2. The van der Waals surface area contributed by atoms with E-state index in [1.807, 2.05) is 0 Å². The molecular weight excluding hydrogens is 353 g/mol. The van der Waals surface area contributed by atoms with Crippen molar-refractivity contribution in [2.45, 2.75) is 45.0 Å². The number of hydrogen-bond acceptors (Lipinski definition) is 4. The van der Waals surface area contributed by atoms with Crippen molar-refractivity contribution >= 4 is 17.9 Å². The molecule has 1 aromatic rings. The summed E-state index contributed by atoms with van der Waals surface area (Å²) in [5, 5.41) is 2.55. The van der Waals surface area contributed by atoms with Crippen molar-refractivity contribution in [2.24, 2.45) is 0 Å². The number of carbonyl (C=O) groups is 2. The lowest BCUT2D eigenvalue weighted by Gasteiger charge is -2.41. The fourth-order valence-electron chi connectivity index (χ4n) is 2.75. The molecule has 6 nitrogen and oxygen atoms in total. The standard InChI is InChI=1S/C17H21F3N2O4/c1-3-16(17(18,19)20)9-10-22(15(24)26-16)11-12-7-5-6-8-13(12)21-14(23)25-4-2/h5-8H,3-4,9-11H2,1-2H3,(H,21,23). The number of benzene rings is 1. The molecule has 0 spiro atoms. The zero-order chi connectivity index (χ0) is 19.4. The summed E-state index contributed by atoms with van der Waals surface area (Å²) in [7, 11) is 0. The van der Waals surface area contributed by atoms with E-state index < -0.39 is 24.0 Å². The van der Waals surface area contributed by atoms with Crippen molar-refractivity contribution in [3.8, 4) is 0 Å². The summed E-state index contributed by atoms with van der Waals surface area (Å²) in [6.07, 6.45) is -6.97. The Morgan fingerprint density at radius 1 is 1.35 bits per heavy atom. The van der Waals surface area contributed by atoms with Gasteiger partial charge in [0.1, 0.15) is 0 Å². The number of halogens is 3. The normalized spacial score (nSPS) is 20.5. The highest BCUT2D eigenvalue weighted by atomic mass is 19.4. The summed E-state index contributed by atoms with van der Waals surface area (Å²) in [6, 6.07) is 6.67. The molecule has 1 fully saturated rings.